The molecule has 1 aliphatic heterocycles. The topological polar surface area (TPSA) is 84.5 Å². The van der Waals surface area contributed by atoms with Crippen molar-refractivity contribution in [1.29, 1.82) is 0 Å². The zero-order valence-corrected chi connectivity index (χ0v) is 15.8. The highest BCUT2D eigenvalue weighted by molar-refractivity contribution is 7.92. The van der Waals surface area contributed by atoms with Gasteiger partial charge in [0.25, 0.3) is 15.9 Å². The molecule has 2 aromatic carbocycles. The first-order valence-corrected chi connectivity index (χ1v) is 10.2. The Morgan fingerprint density at radius 2 is 2.04 bits per heavy atom. The van der Waals surface area contributed by atoms with E-state index in [2.05, 4.69) is 10.0 Å². The average molecular weight is 413 g/mol. The molecule has 1 fully saturated rings. The van der Waals surface area contributed by atoms with E-state index in [-0.39, 0.29) is 27.3 Å². The molecule has 1 atom stereocenters. The number of carbonyl (C=O) groups excluding carboxylic acids is 1. The molecule has 0 aromatic heterocycles. The lowest BCUT2D eigenvalue weighted by Gasteiger charge is -2.14. The van der Waals surface area contributed by atoms with Crippen molar-refractivity contribution < 1.29 is 22.3 Å². The fourth-order valence-corrected chi connectivity index (χ4v) is 4.08. The summed E-state index contributed by atoms with van der Waals surface area (Å²) in [4.78, 5) is 12.3. The second kappa shape index (κ2) is 8.24. The summed E-state index contributed by atoms with van der Waals surface area (Å²) < 4.78 is 46.2. The Balaban J connectivity index is 1.78. The lowest BCUT2D eigenvalue weighted by atomic mass is 10.1. The van der Waals surface area contributed by atoms with Crippen LogP contribution >= 0.6 is 11.6 Å². The summed E-state index contributed by atoms with van der Waals surface area (Å²) in [6.45, 7) is 1.03. The summed E-state index contributed by atoms with van der Waals surface area (Å²) in [6, 6.07) is 9.31. The molecule has 1 saturated heterocycles. The highest BCUT2D eigenvalue weighted by atomic mass is 35.5. The Bertz CT molecular complexity index is 946. The van der Waals surface area contributed by atoms with Crippen LogP contribution in [0.2, 0.25) is 5.02 Å². The molecule has 2 aromatic rings. The first-order valence-electron chi connectivity index (χ1n) is 8.33. The van der Waals surface area contributed by atoms with E-state index in [4.69, 9.17) is 16.3 Å². The summed E-state index contributed by atoms with van der Waals surface area (Å²) >= 11 is 5.66. The molecule has 0 spiro atoms. The molecule has 27 heavy (non-hydrogen) atoms. The third kappa shape index (κ3) is 4.77. The van der Waals surface area contributed by atoms with Gasteiger partial charge in [0.05, 0.1) is 27.3 Å². The normalized spacial score (nSPS) is 16.9. The van der Waals surface area contributed by atoms with Gasteiger partial charge in [0.1, 0.15) is 5.82 Å². The maximum Gasteiger partial charge on any atom is 0.261 e. The van der Waals surface area contributed by atoms with E-state index in [0.717, 1.165) is 31.0 Å². The number of rotatable bonds is 6. The van der Waals surface area contributed by atoms with Gasteiger partial charge in [-0.15, -0.1) is 0 Å². The van der Waals surface area contributed by atoms with Crippen molar-refractivity contribution in [3.05, 3.63) is 58.9 Å². The quantitative estimate of drug-likeness (QED) is 0.763. The zero-order valence-electron chi connectivity index (χ0n) is 14.2. The number of amides is 1. The molecule has 2 N–H and O–H groups in total. The standard InChI is InChI=1S/C18H18ClFN2O4S/c19-15-10-13(7-8-16(15)20)27(24,25)22-17-6-2-1-5-14(17)18(23)21-11-12-4-3-9-26-12/h1-2,5-8,10,12,22H,3-4,9,11H2,(H,21,23)/t12-/m0/s1. The third-order valence-electron chi connectivity index (χ3n) is 4.13. The van der Waals surface area contributed by atoms with Crippen LogP contribution in [0, 0.1) is 5.82 Å². The van der Waals surface area contributed by atoms with Gasteiger partial charge in [-0.05, 0) is 43.2 Å². The number of halogens is 2. The van der Waals surface area contributed by atoms with E-state index in [0.29, 0.717) is 13.2 Å². The number of hydrogen-bond donors (Lipinski definition) is 2. The Kier molecular flexibility index (Phi) is 5.98. The molecular weight excluding hydrogens is 395 g/mol. The Morgan fingerprint density at radius 3 is 2.74 bits per heavy atom. The molecule has 0 unspecified atom stereocenters. The van der Waals surface area contributed by atoms with Gasteiger partial charge in [-0.2, -0.15) is 0 Å². The fraction of sp³-hybridized carbons (Fsp3) is 0.278. The molecule has 144 valence electrons. The molecule has 0 bridgehead atoms. The van der Waals surface area contributed by atoms with Gasteiger partial charge in [-0.1, -0.05) is 23.7 Å². The predicted molar refractivity (Wildman–Crippen MR) is 100.0 cm³/mol. The minimum Gasteiger partial charge on any atom is -0.376 e. The van der Waals surface area contributed by atoms with E-state index in [9.17, 15) is 17.6 Å². The van der Waals surface area contributed by atoms with Crippen molar-refractivity contribution in [2.45, 2.75) is 23.8 Å². The lowest BCUT2D eigenvalue weighted by Crippen LogP contribution is -2.32. The van der Waals surface area contributed by atoms with Gasteiger partial charge in [0.2, 0.25) is 0 Å². The molecule has 0 aliphatic carbocycles. The van der Waals surface area contributed by atoms with E-state index in [1.807, 2.05) is 0 Å². The maximum absolute atomic E-state index is 13.3. The first kappa shape index (κ1) is 19.6. The van der Waals surface area contributed by atoms with Crippen LogP contribution in [-0.4, -0.2) is 33.6 Å². The Hall–Kier alpha value is -2.16. The van der Waals surface area contributed by atoms with Crippen molar-refractivity contribution >= 4 is 33.2 Å². The molecule has 3 rings (SSSR count). The number of nitrogens with one attached hydrogen (secondary N) is 2. The van der Waals surface area contributed by atoms with Gasteiger partial charge in [-0.3, -0.25) is 9.52 Å². The number of carbonyl (C=O) groups is 1. The third-order valence-corrected chi connectivity index (χ3v) is 5.78. The molecule has 1 heterocycles. The number of benzene rings is 2. The van der Waals surface area contributed by atoms with Crippen LogP contribution in [0.25, 0.3) is 0 Å². The predicted octanol–water partition coefficient (Wildman–Crippen LogP) is 3.19. The van der Waals surface area contributed by atoms with Crippen LogP contribution in [0.15, 0.2) is 47.4 Å². The molecule has 9 heteroatoms. The van der Waals surface area contributed by atoms with Crippen LogP contribution in [-0.2, 0) is 14.8 Å². The average Bonchev–Trinajstić information content (AvgIpc) is 3.15. The summed E-state index contributed by atoms with van der Waals surface area (Å²) in [5, 5.41) is 2.45. The number of para-hydroxylation sites is 1. The molecule has 6 nitrogen and oxygen atoms in total. The molecular formula is C18H18ClFN2O4S. The summed E-state index contributed by atoms with van der Waals surface area (Å²) in [6.07, 6.45) is 1.80. The second-order valence-corrected chi connectivity index (χ2v) is 8.16. The second-order valence-electron chi connectivity index (χ2n) is 6.07. The zero-order chi connectivity index (χ0) is 19.4. The summed E-state index contributed by atoms with van der Waals surface area (Å²) in [5.41, 5.74) is 0.287. The van der Waals surface area contributed by atoms with Crippen molar-refractivity contribution in [2.24, 2.45) is 0 Å². The number of hydrogen-bond acceptors (Lipinski definition) is 4. The largest absolute Gasteiger partial charge is 0.376 e. The minimum atomic E-state index is -4.05. The number of anilines is 1. The SMILES string of the molecule is O=C(NC[C@@H]1CCCO1)c1ccccc1NS(=O)(=O)c1ccc(F)c(Cl)c1. The van der Waals surface area contributed by atoms with E-state index in [1.165, 1.54) is 12.1 Å². The van der Waals surface area contributed by atoms with Gasteiger partial charge in [-0.25, -0.2) is 12.8 Å². The fourth-order valence-electron chi connectivity index (χ4n) is 2.72. The van der Waals surface area contributed by atoms with Crippen LogP contribution in [0.3, 0.4) is 0 Å². The first-order chi connectivity index (χ1) is 12.9. The minimum absolute atomic E-state index is 0.0286. The van der Waals surface area contributed by atoms with Crippen LogP contribution in [0.4, 0.5) is 10.1 Å². The number of ether oxygens (including phenoxy) is 1. The highest BCUT2D eigenvalue weighted by Gasteiger charge is 2.21. The van der Waals surface area contributed by atoms with Crippen LogP contribution in [0.5, 0.6) is 0 Å². The molecule has 1 aliphatic rings. The Morgan fingerprint density at radius 1 is 1.26 bits per heavy atom. The summed E-state index contributed by atoms with van der Waals surface area (Å²) in [5.74, 6) is -1.13. The van der Waals surface area contributed by atoms with Gasteiger partial charge in [0.15, 0.2) is 0 Å². The Labute approximate surface area is 161 Å². The van der Waals surface area contributed by atoms with E-state index >= 15 is 0 Å². The van der Waals surface area contributed by atoms with Crippen molar-refractivity contribution in [1.82, 2.24) is 5.32 Å². The smallest absolute Gasteiger partial charge is 0.261 e. The molecule has 0 saturated carbocycles. The van der Waals surface area contributed by atoms with Crippen LogP contribution in [0.1, 0.15) is 23.2 Å². The molecule has 0 radical (unpaired) electrons. The molecule has 1 amide bonds. The van der Waals surface area contributed by atoms with Crippen molar-refractivity contribution in [3.8, 4) is 0 Å². The number of sulfonamides is 1. The monoisotopic (exact) mass is 412 g/mol. The van der Waals surface area contributed by atoms with Crippen molar-refractivity contribution in [3.63, 3.8) is 0 Å². The van der Waals surface area contributed by atoms with Crippen LogP contribution < -0.4 is 10.0 Å². The van der Waals surface area contributed by atoms with E-state index in [1.54, 1.807) is 12.1 Å². The maximum atomic E-state index is 13.3. The van der Waals surface area contributed by atoms with Gasteiger partial charge < -0.3 is 10.1 Å². The van der Waals surface area contributed by atoms with Crippen molar-refractivity contribution in [2.75, 3.05) is 17.9 Å². The summed E-state index contributed by atoms with van der Waals surface area (Å²) in [7, 11) is -4.05. The van der Waals surface area contributed by atoms with Gasteiger partial charge >= 0.3 is 0 Å². The van der Waals surface area contributed by atoms with E-state index < -0.39 is 21.7 Å². The lowest BCUT2D eigenvalue weighted by molar-refractivity contribution is 0.0858. The highest BCUT2D eigenvalue weighted by Crippen LogP contribution is 2.23. The van der Waals surface area contributed by atoms with Gasteiger partial charge in [0, 0.05) is 13.2 Å².